The lowest BCUT2D eigenvalue weighted by Crippen LogP contribution is -2.19. The average Bonchev–Trinajstić information content (AvgIpc) is 2.16. The van der Waals surface area contributed by atoms with Gasteiger partial charge < -0.3 is 10.2 Å². The molecule has 1 aromatic rings. The van der Waals surface area contributed by atoms with Gasteiger partial charge in [0.15, 0.2) is 0 Å². The van der Waals surface area contributed by atoms with Crippen LogP contribution in [0.25, 0.3) is 6.08 Å². The molecule has 2 atom stereocenters. The molecule has 0 fully saturated rings. The Bertz CT molecular complexity index is 304. The van der Waals surface area contributed by atoms with E-state index in [-0.39, 0.29) is 0 Å². The van der Waals surface area contributed by atoms with E-state index in [1.807, 2.05) is 12.1 Å². The van der Waals surface area contributed by atoms with Crippen LogP contribution in [0.1, 0.15) is 12.5 Å². The lowest BCUT2D eigenvalue weighted by molar-refractivity contribution is 0.0624. The third-order valence-corrected chi connectivity index (χ3v) is 2.10. The van der Waals surface area contributed by atoms with E-state index in [0.717, 1.165) is 5.56 Å². The minimum atomic E-state index is -0.828. The molecule has 2 unspecified atom stereocenters. The monoisotopic (exact) mass is 212 g/mol. The molecule has 0 amide bonds. The molecule has 0 aliphatic carbocycles. The summed E-state index contributed by atoms with van der Waals surface area (Å²) in [6.07, 6.45) is 1.71. The molecule has 2 N–H and O–H groups in total. The molecule has 2 nitrogen and oxygen atoms in total. The van der Waals surface area contributed by atoms with Crippen molar-refractivity contribution in [1.29, 1.82) is 0 Å². The number of halogens is 1. The molecule has 1 aromatic carbocycles. The zero-order chi connectivity index (χ0) is 10.6. The van der Waals surface area contributed by atoms with Gasteiger partial charge in [0, 0.05) is 5.02 Å². The first-order valence-corrected chi connectivity index (χ1v) is 4.77. The lowest BCUT2D eigenvalue weighted by atomic mass is 10.1. The minimum absolute atomic E-state index is 0.679. The topological polar surface area (TPSA) is 40.5 Å². The van der Waals surface area contributed by atoms with Crippen molar-refractivity contribution in [2.24, 2.45) is 0 Å². The Morgan fingerprint density at radius 3 is 2.29 bits per heavy atom. The summed E-state index contributed by atoms with van der Waals surface area (Å²) in [6.45, 7) is 1.54. The second-order valence-electron chi connectivity index (χ2n) is 3.14. The van der Waals surface area contributed by atoms with Gasteiger partial charge in [0.2, 0.25) is 0 Å². The maximum atomic E-state index is 9.28. The van der Waals surface area contributed by atoms with Gasteiger partial charge in [-0.05, 0) is 24.6 Å². The van der Waals surface area contributed by atoms with Gasteiger partial charge in [0.1, 0.15) is 0 Å². The maximum absolute atomic E-state index is 9.28. The van der Waals surface area contributed by atoms with Gasteiger partial charge in [-0.1, -0.05) is 35.9 Å². The molecule has 14 heavy (non-hydrogen) atoms. The molecule has 3 heteroatoms. The van der Waals surface area contributed by atoms with Crippen LogP contribution in [-0.2, 0) is 0 Å². The standard InChI is InChI=1S/C11H13ClO2/c1-8(13)11(14)7-4-9-2-5-10(12)6-3-9/h2-8,11,13-14H,1H3/b7-4+. The second kappa shape index (κ2) is 5.15. The minimum Gasteiger partial charge on any atom is -0.390 e. The zero-order valence-corrected chi connectivity index (χ0v) is 8.65. The van der Waals surface area contributed by atoms with Crippen LogP contribution in [0.15, 0.2) is 30.3 Å². The van der Waals surface area contributed by atoms with Gasteiger partial charge in [-0.2, -0.15) is 0 Å². The first kappa shape index (κ1) is 11.2. The summed E-state index contributed by atoms with van der Waals surface area (Å²) in [6, 6.07) is 7.23. The van der Waals surface area contributed by atoms with E-state index in [1.54, 1.807) is 24.3 Å². The molecule has 0 heterocycles. The van der Waals surface area contributed by atoms with Crippen molar-refractivity contribution in [3.05, 3.63) is 40.9 Å². The Kier molecular flexibility index (Phi) is 4.14. The third kappa shape index (κ3) is 3.50. The number of rotatable bonds is 3. The smallest absolute Gasteiger partial charge is 0.0980 e. The molecule has 0 saturated carbocycles. The Labute approximate surface area is 88.5 Å². The van der Waals surface area contributed by atoms with Crippen molar-refractivity contribution in [3.8, 4) is 0 Å². The number of benzene rings is 1. The maximum Gasteiger partial charge on any atom is 0.0980 e. The van der Waals surface area contributed by atoms with Crippen LogP contribution >= 0.6 is 11.6 Å². The molecular weight excluding hydrogens is 200 g/mol. The summed E-state index contributed by atoms with van der Waals surface area (Å²) in [4.78, 5) is 0. The Morgan fingerprint density at radius 1 is 1.21 bits per heavy atom. The van der Waals surface area contributed by atoms with Gasteiger partial charge >= 0.3 is 0 Å². The van der Waals surface area contributed by atoms with E-state index in [2.05, 4.69) is 0 Å². The summed E-state index contributed by atoms with van der Waals surface area (Å²) >= 11 is 5.71. The SMILES string of the molecule is CC(O)C(O)/C=C/c1ccc(Cl)cc1. The molecule has 0 saturated heterocycles. The lowest BCUT2D eigenvalue weighted by Gasteiger charge is -2.07. The average molecular weight is 213 g/mol. The van der Waals surface area contributed by atoms with Gasteiger partial charge in [-0.25, -0.2) is 0 Å². The van der Waals surface area contributed by atoms with E-state index >= 15 is 0 Å². The fraction of sp³-hybridized carbons (Fsp3) is 0.273. The summed E-state index contributed by atoms with van der Waals surface area (Å²) in [5, 5.41) is 19.0. The first-order valence-electron chi connectivity index (χ1n) is 4.39. The van der Waals surface area contributed by atoms with Crippen molar-refractivity contribution in [3.63, 3.8) is 0 Å². The Balaban J connectivity index is 2.64. The van der Waals surface area contributed by atoms with E-state index in [9.17, 15) is 5.11 Å². The van der Waals surface area contributed by atoms with Crippen molar-refractivity contribution < 1.29 is 10.2 Å². The van der Waals surface area contributed by atoms with Crippen LogP contribution in [0.4, 0.5) is 0 Å². The van der Waals surface area contributed by atoms with E-state index in [1.165, 1.54) is 6.92 Å². The number of aliphatic hydroxyl groups is 2. The predicted molar refractivity (Wildman–Crippen MR) is 58.2 cm³/mol. The van der Waals surface area contributed by atoms with Crippen LogP contribution < -0.4 is 0 Å². The summed E-state index contributed by atoms with van der Waals surface area (Å²) in [5.74, 6) is 0. The summed E-state index contributed by atoms with van der Waals surface area (Å²) in [7, 11) is 0. The summed E-state index contributed by atoms with van der Waals surface area (Å²) < 4.78 is 0. The number of aliphatic hydroxyl groups excluding tert-OH is 2. The van der Waals surface area contributed by atoms with Gasteiger partial charge in [-0.15, -0.1) is 0 Å². The zero-order valence-electron chi connectivity index (χ0n) is 7.89. The van der Waals surface area contributed by atoms with Crippen LogP contribution in [0.3, 0.4) is 0 Å². The largest absolute Gasteiger partial charge is 0.390 e. The highest BCUT2D eigenvalue weighted by Crippen LogP contribution is 2.11. The molecule has 0 aliphatic heterocycles. The second-order valence-corrected chi connectivity index (χ2v) is 3.58. The number of hydrogen-bond acceptors (Lipinski definition) is 2. The van der Waals surface area contributed by atoms with E-state index in [0.29, 0.717) is 5.02 Å². The molecule has 0 aromatic heterocycles. The van der Waals surface area contributed by atoms with Crippen LogP contribution in [0.2, 0.25) is 5.02 Å². The highest BCUT2D eigenvalue weighted by atomic mass is 35.5. The first-order chi connectivity index (χ1) is 6.59. The highest BCUT2D eigenvalue weighted by Gasteiger charge is 2.04. The van der Waals surface area contributed by atoms with Crippen LogP contribution in [0.5, 0.6) is 0 Å². The van der Waals surface area contributed by atoms with Crippen LogP contribution in [0, 0.1) is 0 Å². The Hall–Kier alpha value is -0.830. The highest BCUT2D eigenvalue weighted by molar-refractivity contribution is 6.30. The van der Waals surface area contributed by atoms with Crippen molar-refractivity contribution in [2.75, 3.05) is 0 Å². The van der Waals surface area contributed by atoms with E-state index in [4.69, 9.17) is 16.7 Å². The van der Waals surface area contributed by atoms with Gasteiger partial charge in [-0.3, -0.25) is 0 Å². The van der Waals surface area contributed by atoms with Gasteiger partial charge in [0.25, 0.3) is 0 Å². The predicted octanol–water partition coefficient (Wildman–Crippen LogP) is 2.09. The van der Waals surface area contributed by atoms with Crippen molar-refractivity contribution >= 4 is 17.7 Å². The fourth-order valence-corrected chi connectivity index (χ4v) is 1.07. The van der Waals surface area contributed by atoms with Crippen LogP contribution in [-0.4, -0.2) is 22.4 Å². The molecule has 0 spiro atoms. The molecule has 76 valence electrons. The van der Waals surface area contributed by atoms with Crippen molar-refractivity contribution in [2.45, 2.75) is 19.1 Å². The molecule has 0 aliphatic rings. The number of hydrogen-bond donors (Lipinski definition) is 2. The normalized spacial score (nSPS) is 15.7. The quantitative estimate of drug-likeness (QED) is 0.806. The fourth-order valence-electron chi connectivity index (χ4n) is 0.944. The Morgan fingerprint density at radius 2 is 1.79 bits per heavy atom. The molecule has 0 bridgehead atoms. The van der Waals surface area contributed by atoms with E-state index < -0.39 is 12.2 Å². The third-order valence-electron chi connectivity index (χ3n) is 1.85. The summed E-state index contributed by atoms with van der Waals surface area (Å²) in [5.41, 5.74) is 0.939. The molecular formula is C11H13ClO2. The molecule has 1 rings (SSSR count). The van der Waals surface area contributed by atoms with Gasteiger partial charge in [0.05, 0.1) is 12.2 Å². The molecule has 0 radical (unpaired) electrons. The van der Waals surface area contributed by atoms with Crippen molar-refractivity contribution in [1.82, 2.24) is 0 Å².